The van der Waals surface area contributed by atoms with Crippen molar-refractivity contribution in [1.82, 2.24) is 8.75 Å². The first-order chi connectivity index (χ1) is 8.84. The average molecular weight is 284 g/mol. The molecule has 0 saturated carbocycles. The van der Waals surface area contributed by atoms with Crippen LogP contribution in [-0.2, 0) is 4.74 Å². The number of hydrogen-bond donors (Lipinski definition) is 1. The topological polar surface area (TPSA) is 47.0 Å². The molecule has 1 aliphatic rings. The average Bonchev–Trinajstić information content (AvgIpc) is 2.87. The molecule has 1 aromatic carbocycles. The van der Waals surface area contributed by atoms with E-state index in [1.54, 1.807) is 0 Å². The maximum atomic E-state index is 6.23. The predicted molar refractivity (Wildman–Crippen MR) is 74.5 cm³/mol. The van der Waals surface area contributed by atoms with Crippen LogP contribution in [0.15, 0.2) is 12.1 Å². The monoisotopic (exact) mass is 283 g/mol. The van der Waals surface area contributed by atoms with E-state index in [9.17, 15) is 0 Å². The molecular weight excluding hydrogens is 270 g/mol. The Bertz CT molecular complexity index is 539. The van der Waals surface area contributed by atoms with Crippen LogP contribution in [0.4, 0.5) is 5.69 Å². The molecule has 3 rings (SSSR count). The largest absolute Gasteiger partial charge is 0.382 e. The van der Waals surface area contributed by atoms with Gasteiger partial charge in [0.1, 0.15) is 11.0 Å². The molecule has 0 bridgehead atoms. The van der Waals surface area contributed by atoms with Gasteiger partial charge in [0, 0.05) is 19.8 Å². The molecule has 4 nitrogen and oxygen atoms in total. The summed E-state index contributed by atoms with van der Waals surface area (Å²) in [5.41, 5.74) is 2.69. The lowest BCUT2D eigenvalue weighted by molar-refractivity contribution is 0.0699. The molecule has 1 saturated heterocycles. The molecule has 1 N–H and O–H groups in total. The molecule has 0 atom stereocenters. The summed E-state index contributed by atoms with van der Waals surface area (Å²) < 4.78 is 13.9. The highest BCUT2D eigenvalue weighted by atomic mass is 35.5. The van der Waals surface area contributed by atoms with Crippen LogP contribution in [0.2, 0.25) is 5.02 Å². The highest BCUT2D eigenvalue weighted by Gasteiger charge is 2.15. The second-order valence-electron chi connectivity index (χ2n) is 4.49. The summed E-state index contributed by atoms with van der Waals surface area (Å²) in [6.45, 7) is 2.64. The Morgan fingerprint density at radius 2 is 2.17 bits per heavy atom. The van der Waals surface area contributed by atoms with Crippen molar-refractivity contribution in [2.45, 2.75) is 12.8 Å². The van der Waals surface area contributed by atoms with E-state index in [1.807, 2.05) is 12.1 Å². The van der Waals surface area contributed by atoms with Crippen LogP contribution < -0.4 is 5.32 Å². The molecule has 18 heavy (non-hydrogen) atoms. The van der Waals surface area contributed by atoms with Gasteiger partial charge >= 0.3 is 0 Å². The molecule has 0 unspecified atom stereocenters. The van der Waals surface area contributed by atoms with E-state index >= 15 is 0 Å². The molecule has 0 aliphatic carbocycles. The molecule has 0 amide bonds. The molecule has 0 spiro atoms. The Labute approximate surface area is 115 Å². The van der Waals surface area contributed by atoms with Crippen LogP contribution in [0.1, 0.15) is 12.8 Å². The molecule has 6 heteroatoms. The quantitative estimate of drug-likeness (QED) is 0.940. The summed E-state index contributed by atoms with van der Waals surface area (Å²) >= 11 is 7.45. The zero-order valence-electron chi connectivity index (χ0n) is 9.86. The third-order valence-corrected chi connectivity index (χ3v) is 4.14. The molecule has 0 radical (unpaired) electrons. The Morgan fingerprint density at radius 3 is 3.00 bits per heavy atom. The number of hydrogen-bond acceptors (Lipinski definition) is 5. The summed E-state index contributed by atoms with van der Waals surface area (Å²) in [7, 11) is 0. The highest BCUT2D eigenvalue weighted by Crippen LogP contribution is 2.30. The smallest absolute Gasteiger partial charge is 0.129 e. The number of nitrogens with one attached hydrogen (secondary N) is 1. The summed E-state index contributed by atoms with van der Waals surface area (Å²) in [5, 5.41) is 4.14. The minimum absolute atomic E-state index is 0.650. The van der Waals surface area contributed by atoms with Gasteiger partial charge in [-0.15, -0.1) is 0 Å². The fraction of sp³-hybridized carbons (Fsp3) is 0.500. The number of rotatable bonds is 3. The first kappa shape index (κ1) is 12.1. The molecular formula is C12H14ClN3OS. The van der Waals surface area contributed by atoms with Crippen molar-refractivity contribution < 1.29 is 4.74 Å². The minimum atomic E-state index is 0.650. The van der Waals surface area contributed by atoms with Crippen molar-refractivity contribution in [3.05, 3.63) is 17.2 Å². The van der Waals surface area contributed by atoms with Gasteiger partial charge in [-0.3, -0.25) is 0 Å². The first-order valence-electron chi connectivity index (χ1n) is 6.07. The van der Waals surface area contributed by atoms with Crippen LogP contribution >= 0.6 is 23.3 Å². The fourth-order valence-electron chi connectivity index (χ4n) is 2.19. The Balaban J connectivity index is 1.76. The number of aromatic nitrogens is 2. The normalized spacial score (nSPS) is 17.2. The van der Waals surface area contributed by atoms with Crippen LogP contribution in [0.5, 0.6) is 0 Å². The predicted octanol–water partition coefficient (Wildman–Crippen LogP) is 3.18. The van der Waals surface area contributed by atoms with E-state index in [2.05, 4.69) is 14.1 Å². The lowest BCUT2D eigenvalue weighted by atomic mass is 10.0. The van der Waals surface area contributed by atoms with Crippen LogP contribution in [0, 0.1) is 5.92 Å². The van der Waals surface area contributed by atoms with Gasteiger partial charge in [0.15, 0.2) is 0 Å². The molecule has 96 valence electrons. The number of ether oxygens (including phenoxy) is 1. The third-order valence-electron chi connectivity index (χ3n) is 3.29. The minimum Gasteiger partial charge on any atom is -0.382 e. The van der Waals surface area contributed by atoms with Crippen LogP contribution in [0.25, 0.3) is 11.0 Å². The van der Waals surface area contributed by atoms with Gasteiger partial charge in [0.2, 0.25) is 0 Å². The zero-order chi connectivity index (χ0) is 12.4. The van der Waals surface area contributed by atoms with Crippen molar-refractivity contribution in [1.29, 1.82) is 0 Å². The van der Waals surface area contributed by atoms with Crippen molar-refractivity contribution in [2.75, 3.05) is 25.1 Å². The van der Waals surface area contributed by atoms with E-state index < -0.39 is 0 Å². The molecule has 2 aromatic rings. The summed E-state index contributed by atoms with van der Waals surface area (Å²) in [6, 6.07) is 3.78. The van der Waals surface area contributed by atoms with E-state index in [4.69, 9.17) is 16.3 Å². The van der Waals surface area contributed by atoms with Crippen molar-refractivity contribution in [3.63, 3.8) is 0 Å². The van der Waals surface area contributed by atoms with Crippen molar-refractivity contribution in [2.24, 2.45) is 5.92 Å². The standard InChI is InChI=1S/C12H14ClN3OS/c13-9-1-2-10-12(16-18-15-10)11(9)14-7-8-3-5-17-6-4-8/h1-2,8,14H,3-7H2. The van der Waals surface area contributed by atoms with Crippen molar-refractivity contribution in [3.8, 4) is 0 Å². The Hall–Kier alpha value is -0.910. The van der Waals surface area contributed by atoms with E-state index in [-0.39, 0.29) is 0 Å². The number of benzene rings is 1. The van der Waals surface area contributed by atoms with E-state index in [1.165, 1.54) is 11.7 Å². The van der Waals surface area contributed by atoms with Crippen LogP contribution in [0.3, 0.4) is 0 Å². The summed E-state index contributed by atoms with van der Waals surface area (Å²) in [5.74, 6) is 0.650. The van der Waals surface area contributed by atoms with Gasteiger partial charge in [-0.2, -0.15) is 8.75 Å². The van der Waals surface area contributed by atoms with Gasteiger partial charge in [0.25, 0.3) is 0 Å². The van der Waals surface area contributed by atoms with Crippen LogP contribution in [-0.4, -0.2) is 28.5 Å². The molecule has 1 aliphatic heterocycles. The Morgan fingerprint density at radius 1 is 1.33 bits per heavy atom. The van der Waals surface area contributed by atoms with E-state index in [0.29, 0.717) is 10.9 Å². The maximum Gasteiger partial charge on any atom is 0.129 e. The third kappa shape index (κ3) is 2.43. The van der Waals surface area contributed by atoms with Gasteiger partial charge in [0.05, 0.1) is 22.4 Å². The number of fused-ring (bicyclic) bond motifs is 1. The second kappa shape index (κ2) is 5.38. The summed E-state index contributed by atoms with van der Waals surface area (Å²) in [6.07, 6.45) is 2.21. The fourth-order valence-corrected chi connectivity index (χ4v) is 2.95. The number of nitrogens with zero attached hydrogens (tertiary/aromatic N) is 2. The maximum absolute atomic E-state index is 6.23. The SMILES string of the molecule is Clc1ccc2nsnc2c1NCC1CCOCC1. The molecule has 1 aromatic heterocycles. The molecule has 1 fully saturated rings. The van der Waals surface area contributed by atoms with Crippen molar-refractivity contribution >= 4 is 40.0 Å². The van der Waals surface area contributed by atoms with Gasteiger partial charge in [-0.05, 0) is 30.9 Å². The highest BCUT2D eigenvalue weighted by molar-refractivity contribution is 7.00. The number of halogens is 1. The lowest BCUT2D eigenvalue weighted by Crippen LogP contribution is -2.22. The van der Waals surface area contributed by atoms with Gasteiger partial charge in [-0.25, -0.2) is 0 Å². The lowest BCUT2D eigenvalue weighted by Gasteiger charge is -2.22. The summed E-state index contributed by atoms with van der Waals surface area (Å²) in [4.78, 5) is 0. The second-order valence-corrected chi connectivity index (χ2v) is 5.43. The van der Waals surface area contributed by atoms with Gasteiger partial charge < -0.3 is 10.1 Å². The zero-order valence-corrected chi connectivity index (χ0v) is 11.4. The first-order valence-corrected chi connectivity index (χ1v) is 7.18. The van der Waals surface area contributed by atoms with Gasteiger partial charge in [-0.1, -0.05) is 11.6 Å². The Kier molecular flexibility index (Phi) is 3.63. The number of anilines is 1. The van der Waals surface area contributed by atoms with E-state index in [0.717, 1.165) is 49.3 Å². The molecule has 2 heterocycles.